The fourth-order valence-corrected chi connectivity index (χ4v) is 4.95. The van der Waals surface area contributed by atoms with E-state index in [1.54, 1.807) is 31.5 Å². The standard InChI is InChI=1S/C33H26N4O2/c1-33(21-22-16-17-23-8-2-3-9-26(23)20-22,31(38)36-27-14-4-10-24-12-6-18-34-29(24)27)32(39)37-28-15-5-11-25-13-7-19-35-30(25)28/h2-20H,21H2,1H3,(H,36,38)(H,37,39). The number of anilines is 2. The predicted octanol–water partition coefficient (Wildman–Crippen LogP) is 6.76. The van der Waals surface area contributed by atoms with Crippen LogP contribution in [0, 0.1) is 5.41 Å². The van der Waals surface area contributed by atoms with Crippen molar-refractivity contribution in [3.63, 3.8) is 0 Å². The van der Waals surface area contributed by atoms with Crippen LogP contribution in [0.3, 0.4) is 0 Å². The minimum absolute atomic E-state index is 0.200. The third-order valence-electron chi connectivity index (χ3n) is 7.14. The van der Waals surface area contributed by atoms with Crippen LogP contribution in [0.1, 0.15) is 12.5 Å². The van der Waals surface area contributed by atoms with Crippen LogP contribution in [0.4, 0.5) is 11.4 Å². The van der Waals surface area contributed by atoms with Gasteiger partial charge < -0.3 is 10.6 Å². The van der Waals surface area contributed by atoms with Crippen molar-refractivity contribution in [3.05, 3.63) is 121 Å². The number of carbonyl (C=O) groups excluding carboxylic acids is 2. The Hall–Kier alpha value is -5.10. The SMILES string of the molecule is CC(Cc1ccc2ccccc2c1)(C(=O)Nc1cccc2cccnc12)C(=O)Nc1cccc2cccnc12. The minimum atomic E-state index is -1.45. The molecule has 39 heavy (non-hydrogen) atoms. The smallest absolute Gasteiger partial charge is 0.240 e. The molecule has 0 spiro atoms. The molecule has 0 aliphatic carbocycles. The van der Waals surface area contributed by atoms with E-state index < -0.39 is 17.2 Å². The molecule has 6 rings (SSSR count). The molecule has 6 aromatic rings. The highest BCUT2D eigenvalue weighted by atomic mass is 16.2. The summed E-state index contributed by atoms with van der Waals surface area (Å²) in [5.41, 5.74) is 1.88. The summed E-state index contributed by atoms with van der Waals surface area (Å²) >= 11 is 0. The van der Waals surface area contributed by atoms with Crippen molar-refractivity contribution in [1.29, 1.82) is 0 Å². The van der Waals surface area contributed by atoms with Crippen LogP contribution in [0.15, 0.2) is 116 Å². The van der Waals surface area contributed by atoms with Crippen LogP contribution in [0.25, 0.3) is 32.6 Å². The van der Waals surface area contributed by atoms with Crippen LogP contribution < -0.4 is 10.6 Å². The molecule has 0 saturated carbocycles. The second-order valence-corrected chi connectivity index (χ2v) is 9.86. The third-order valence-corrected chi connectivity index (χ3v) is 7.14. The van der Waals surface area contributed by atoms with Crippen LogP contribution in [-0.2, 0) is 16.0 Å². The van der Waals surface area contributed by atoms with Gasteiger partial charge in [-0.3, -0.25) is 19.6 Å². The second kappa shape index (κ2) is 9.99. The Morgan fingerprint density at radius 3 is 1.72 bits per heavy atom. The van der Waals surface area contributed by atoms with Gasteiger partial charge in [0.1, 0.15) is 5.41 Å². The number of benzene rings is 4. The lowest BCUT2D eigenvalue weighted by Gasteiger charge is -2.28. The Morgan fingerprint density at radius 2 is 1.13 bits per heavy atom. The molecule has 2 aromatic heterocycles. The fraction of sp³-hybridized carbons (Fsp3) is 0.0909. The van der Waals surface area contributed by atoms with E-state index in [1.807, 2.05) is 91.0 Å². The largest absolute Gasteiger partial charge is 0.323 e. The van der Waals surface area contributed by atoms with Gasteiger partial charge in [0.05, 0.1) is 22.4 Å². The molecule has 0 saturated heterocycles. The molecule has 0 aliphatic heterocycles. The molecule has 4 aromatic carbocycles. The van der Waals surface area contributed by atoms with E-state index in [0.29, 0.717) is 22.4 Å². The van der Waals surface area contributed by atoms with E-state index in [9.17, 15) is 9.59 Å². The zero-order valence-corrected chi connectivity index (χ0v) is 21.4. The highest BCUT2D eigenvalue weighted by Gasteiger charge is 2.42. The Kier molecular flexibility index (Phi) is 6.21. The van der Waals surface area contributed by atoms with Gasteiger partial charge in [-0.1, -0.05) is 78.9 Å². The monoisotopic (exact) mass is 510 g/mol. The van der Waals surface area contributed by atoms with Crippen molar-refractivity contribution in [1.82, 2.24) is 9.97 Å². The highest BCUT2D eigenvalue weighted by molar-refractivity contribution is 6.17. The quantitative estimate of drug-likeness (QED) is 0.242. The minimum Gasteiger partial charge on any atom is -0.323 e. The second-order valence-electron chi connectivity index (χ2n) is 9.86. The van der Waals surface area contributed by atoms with E-state index >= 15 is 0 Å². The van der Waals surface area contributed by atoms with Crippen molar-refractivity contribution < 1.29 is 9.59 Å². The topological polar surface area (TPSA) is 84.0 Å². The molecule has 6 heteroatoms. The molecule has 2 heterocycles. The average molecular weight is 511 g/mol. The first-order chi connectivity index (χ1) is 19.0. The van der Waals surface area contributed by atoms with Crippen molar-refractivity contribution in [2.75, 3.05) is 10.6 Å². The van der Waals surface area contributed by atoms with Gasteiger partial charge in [0.15, 0.2) is 0 Å². The van der Waals surface area contributed by atoms with Crippen molar-refractivity contribution in [2.45, 2.75) is 13.3 Å². The van der Waals surface area contributed by atoms with Crippen LogP contribution in [-0.4, -0.2) is 21.8 Å². The molecule has 0 bridgehead atoms. The van der Waals surface area contributed by atoms with Crippen LogP contribution in [0.2, 0.25) is 0 Å². The van der Waals surface area contributed by atoms with Gasteiger partial charge in [-0.15, -0.1) is 0 Å². The molecule has 190 valence electrons. The predicted molar refractivity (Wildman–Crippen MR) is 157 cm³/mol. The van der Waals surface area contributed by atoms with E-state index in [2.05, 4.69) is 20.6 Å². The van der Waals surface area contributed by atoms with Crippen molar-refractivity contribution in [3.8, 4) is 0 Å². The molecule has 0 aliphatic rings. The molecule has 2 amide bonds. The van der Waals surface area contributed by atoms with Gasteiger partial charge in [0.2, 0.25) is 11.8 Å². The molecule has 0 unspecified atom stereocenters. The van der Waals surface area contributed by atoms with Gasteiger partial charge in [-0.2, -0.15) is 0 Å². The number of hydrogen-bond donors (Lipinski definition) is 2. The number of amides is 2. The number of nitrogens with one attached hydrogen (secondary N) is 2. The Morgan fingerprint density at radius 1 is 0.615 bits per heavy atom. The van der Waals surface area contributed by atoms with E-state index in [4.69, 9.17) is 0 Å². The molecule has 0 atom stereocenters. The number of fused-ring (bicyclic) bond motifs is 3. The molecular weight excluding hydrogens is 484 g/mol. The number of carbonyl (C=O) groups is 2. The first kappa shape index (κ1) is 24.2. The van der Waals surface area contributed by atoms with Crippen LogP contribution in [0.5, 0.6) is 0 Å². The van der Waals surface area contributed by atoms with E-state index in [0.717, 1.165) is 27.1 Å². The normalized spacial score (nSPS) is 11.5. The number of para-hydroxylation sites is 2. The van der Waals surface area contributed by atoms with E-state index in [-0.39, 0.29) is 6.42 Å². The summed E-state index contributed by atoms with van der Waals surface area (Å²) in [6, 6.07) is 32.8. The lowest BCUT2D eigenvalue weighted by molar-refractivity contribution is -0.136. The maximum atomic E-state index is 14.0. The zero-order chi connectivity index (χ0) is 26.8. The zero-order valence-electron chi connectivity index (χ0n) is 21.4. The van der Waals surface area contributed by atoms with Crippen molar-refractivity contribution in [2.24, 2.45) is 5.41 Å². The highest BCUT2D eigenvalue weighted by Crippen LogP contribution is 2.31. The summed E-state index contributed by atoms with van der Waals surface area (Å²) < 4.78 is 0. The lowest BCUT2D eigenvalue weighted by Crippen LogP contribution is -2.45. The molecule has 0 radical (unpaired) electrons. The summed E-state index contributed by atoms with van der Waals surface area (Å²) in [7, 11) is 0. The third kappa shape index (κ3) is 4.68. The number of aromatic nitrogens is 2. The summed E-state index contributed by atoms with van der Waals surface area (Å²) in [5, 5.41) is 9.97. The molecule has 6 nitrogen and oxygen atoms in total. The Bertz CT molecular complexity index is 1760. The van der Waals surface area contributed by atoms with Gasteiger partial charge >= 0.3 is 0 Å². The summed E-state index contributed by atoms with van der Waals surface area (Å²) in [5.74, 6) is -0.834. The van der Waals surface area contributed by atoms with Gasteiger partial charge in [0, 0.05) is 23.2 Å². The Balaban J connectivity index is 1.39. The molecular formula is C33H26N4O2. The summed E-state index contributed by atoms with van der Waals surface area (Å²) in [6.45, 7) is 1.68. The van der Waals surface area contributed by atoms with E-state index in [1.165, 1.54) is 0 Å². The summed E-state index contributed by atoms with van der Waals surface area (Å²) in [6.07, 6.45) is 3.57. The fourth-order valence-electron chi connectivity index (χ4n) is 4.95. The van der Waals surface area contributed by atoms with Crippen LogP contribution >= 0.6 is 0 Å². The number of nitrogens with zero attached hydrogens (tertiary/aromatic N) is 2. The number of pyridine rings is 2. The molecule has 2 N–H and O–H groups in total. The van der Waals surface area contributed by atoms with Crippen molar-refractivity contribution >= 4 is 55.8 Å². The van der Waals surface area contributed by atoms with Gasteiger partial charge in [-0.25, -0.2) is 0 Å². The summed E-state index contributed by atoms with van der Waals surface area (Å²) in [4.78, 5) is 37.0. The first-order valence-corrected chi connectivity index (χ1v) is 12.8. The lowest BCUT2D eigenvalue weighted by atomic mass is 9.81. The Labute approximate surface area is 225 Å². The molecule has 0 fully saturated rings. The van der Waals surface area contributed by atoms with Gasteiger partial charge in [0.25, 0.3) is 0 Å². The van der Waals surface area contributed by atoms with Gasteiger partial charge in [-0.05, 0) is 53.9 Å². The maximum Gasteiger partial charge on any atom is 0.240 e. The first-order valence-electron chi connectivity index (χ1n) is 12.8. The number of rotatable bonds is 6. The maximum absolute atomic E-state index is 14.0. The average Bonchev–Trinajstić information content (AvgIpc) is 2.97. The number of hydrogen-bond acceptors (Lipinski definition) is 4.